The van der Waals surface area contributed by atoms with Crippen LogP contribution >= 0.6 is 24.8 Å². The molecule has 0 saturated heterocycles. The molecule has 5 heteroatoms. The summed E-state index contributed by atoms with van der Waals surface area (Å²) in [5.41, 5.74) is 11.8. The lowest BCUT2D eigenvalue weighted by atomic mass is 10.4. The minimum absolute atomic E-state index is 0.442. The zero-order valence-electron chi connectivity index (χ0n) is 5.09. The third-order valence-electron chi connectivity index (χ3n) is 1.09. The fraction of sp³-hybridized carbons (Fsp3) is 0. The Labute approximate surface area is 68.8 Å². The van der Waals surface area contributed by atoms with Gasteiger partial charge >= 0.3 is 0 Å². The van der Waals surface area contributed by atoms with Crippen molar-refractivity contribution in [2.24, 2.45) is 0 Å². The molecule has 0 radical (unpaired) electrons. The Balaban J connectivity index is 3.46. The van der Waals surface area contributed by atoms with Crippen molar-refractivity contribution in [2.75, 3.05) is 11.5 Å². The van der Waals surface area contributed by atoms with E-state index in [0.29, 0.717) is 21.0 Å². The molecule has 0 unspecified atom stereocenters. The standard InChI is InChI=1S/C5H7N3S2/c6-2-1-3(9)8-5(10)4(2)7/h1H,7H2,(H4,6,8,9,10). The molecule has 1 aromatic rings. The molecule has 0 aromatic carbocycles. The van der Waals surface area contributed by atoms with Crippen LogP contribution in [0.5, 0.6) is 0 Å². The lowest BCUT2D eigenvalue weighted by Gasteiger charge is -2.01. The number of thiol groups is 1. The molecule has 0 atom stereocenters. The van der Waals surface area contributed by atoms with Crippen LogP contribution in [0.25, 0.3) is 0 Å². The smallest absolute Gasteiger partial charge is 0.106 e. The highest BCUT2D eigenvalue weighted by Gasteiger charge is 1.97. The minimum Gasteiger partial charge on any atom is -0.397 e. The lowest BCUT2D eigenvalue weighted by molar-refractivity contribution is 1.13. The average Bonchev–Trinajstić information content (AvgIpc) is 1.82. The van der Waals surface area contributed by atoms with E-state index in [1.807, 2.05) is 0 Å². The van der Waals surface area contributed by atoms with Gasteiger partial charge in [-0.1, -0.05) is 12.2 Å². The quantitative estimate of drug-likeness (QED) is 0.352. The van der Waals surface area contributed by atoms with Crippen LogP contribution in [0.2, 0.25) is 0 Å². The molecule has 0 amide bonds. The van der Waals surface area contributed by atoms with E-state index >= 15 is 0 Å². The van der Waals surface area contributed by atoms with Gasteiger partial charge in [-0.2, -0.15) is 0 Å². The van der Waals surface area contributed by atoms with Crippen LogP contribution in [0.3, 0.4) is 0 Å². The second-order valence-electron chi connectivity index (χ2n) is 1.85. The predicted molar refractivity (Wildman–Crippen MR) is 47.7 cm³/mol. The normalized spacial score (nSPS) is 9.70. The summed E-state index contributed by atoms with van der Waals surface area (Å²) in [5.74, 6) is 0. The first-order valence-electron chi connectivity index (χ1n) is 2.58. The highest BCUT2D eigenvalue weighted by atomic mass is 32.1. The van der Waals surface area contributed by atoms with E-state index in [1.54, 1.807) is 6.07 Å². The van der Waals surface area contributed by atoms with Gasteiger partial charge in [-0.25, -0.2) is 0 Å². The number of H-pyrrole nitrogens is 1. The summed E-state index contributed by atoms with van der Waals surface area (Å²) in [6, 6.07) is 1.59. The van der Waals surface area contributed by atoms with Crippen LogP contribution in [0.4, 0.5) is 11.4 Å². The SMILES string of the molecule is Nc1cc(=S)[nH]c(S)c1N. The number of aromatic nitrogens is 1. The molecule has 3 nitrogen and oxygen atoms in total. The monoisotopic (exact) mass is 173 g/mol. The van der Waals surface area contributed by atoms with Gasteiger partial charge in [0.2, 0.25) is 0 Å². The Morgan fingerprint density at radius 1 is 1.50 bits per heavy atom. The number of hydrogen-bond donors (Lipinski definition) is 4. The van der Waals surface area contributed by atoms with Crippen molar-refractivity contribution in [2.45, 2.75) is 5.03 Å². The van der Waals surface area contributed by atoms with Crippen molar-refractivity contribution in [1.82, 2.24) is 4.98 Å². The number of rotatable bonds is 0. The van der Waals surface area contributed by atoms with E-state index in [-0.39, 0.29) is 0 Å². The predicted octanol–water partition coefficient (Wildman–Crippen LogP) is 1.20. The number of nitrogen functional groups attached to an aromatic ring is 2. The molecular weight excluding hydrogens is 166 g/mol. The molecule has 0 fully saturated rings. The largest absolute Gasteiger partial charge is 0.397 e. The van der Waals surface area contributed by atoms with Gasteiger partial charge in [-0.05, 0) is 6.07 Å². The van der Waals surface area contributed by atoms with Crippen LogP contribution < -0.4 is 11.5 Å². The van der Waals surface area contributed by atoms with E-state index in [9.17, 15) is 0 Å². The van der Waals surface area contributed by atoms with E-state index in [4.69, 9.17) is 23.7 Å². The summed E-state index contributed by atoms with van der Waals surface area (Å²) in [4.78, 5) is 2.75. The number of nitrogens with one attached hydrogen (secondary N) is 1. The molecule has 0 saturated carbocycles. The van der Waals surface area contributed by atoms with Crippen LogP contribution in [0.1, 0.15) is 0 Å². The number of nitrogens with two attached hydrogens (primary N) is 2. The Morgan fingerprint density at radius 3 is 2.60 bits per heavy atom. The first kappa shape index (κ1) is 7.43. The number of anilines is 2. The fourth-order valence-electron chi connectivity index (χ4n) is 0.576. The lowest BCUT2D eigenvalue weighted by Crippen LogP contribution is -1.97. The summed E-state index contributed by atoms with van der Waals surface area (Å²) in [7, 11) is 0. The zero-order valence-corrected chi connectivity index (χ0v) is 6.80. The average molecular weight is 173 g/mol. The maximum Gasteiger partial charge on any atom is 0.106 e. The minimum atomic E-state index is 0.442. The summed E-state index contributed by atoms with van der Waals surface area (Å²) < 4.78 is 0.539. The van der Waals surface area contributed by atoms with Crippen LogP contribution in [-0.2, 0) is 0 Å². The molecule has 1 aromatic heterocycles. The molecule has 0 aliphatic rings. The van der Waals surface area contributed by atoms with Gasteiger partial charge in [0.1, 0.15) is 4.64 Å². The van der Waals surface area contributed by atoms with E-state index < -0.39 is 0 Å². The van der Waals surface area contributed by atoms with Gasteiger partial charge in [-0.3, -0.25) is 0 Å². The number of aromatic amines is 1. The molecule has 5 N–H and O–H groups in total. The molecule has 54 valence electrons. The highest BCUT2D eigenvalue weighted by molar-refractivity contribution is 7.80. The Kier molecular flexibility index (Phi) is 1.87. The van der Waals surface area contributed by atoms with Gasteiger partial charge in [-0.15, -0.1) is 12.6 Å². The second-order valence-corrected chi connectivity index (χ2v) is 2.74. The van der Waals surface area contributed by atoms with Crippen LogP contribution in [-0.4, -0.2) is 4.98 Å². The fourth-order valence-corrected chi connectivity index (χ4v) is 1.13. The van der Waals surface area contributed by atoms with Crippen molar-refractivity contribution < 1.29 is 0 Å². The maximum absolute atomic E-state index is 5.47. The zero-order chi connectivity index (χ0) is 7.72. The van der Waals surface area contributed by atoms with Gasteiger partial charge in [0.05, 0.1) is 16.4 Å². The van der Waals surface area contributed by atoms with Crippen molar-refractivity contribution in [1.29, 1.82) is 0 Å². The molecule has 1 rings (SSSR count). The third kappa shape index (κ3) is 1.25. The topological polar surface area (TPSA) is 67.8 Å². The number of hydrogen-bond acceptors (Lipinski definition) is 4. The Morgan fingerprint density at radius 2 is 2.10 bits per heavy atom. The third-order valence-corrected chi connectivity index (χ3v) is 1.67. The van der Waals surface area contributed by atoms with E-state index in [2.05, 4.69) is 17.6 Å². The molecular formula is C5H7N3S2. The highest BCUT2D eigenvalue weighted by Crippen LogP contribution is 2.20. The molecule has 10 heavy (non-hydrogen) atoms. The van der Waals surface area contributed by atoms with Crippen molar-refractivity contribution in [3.8, 4) is 0 Å². The van der Waals surface area contributed by atoms with Crippen LogP contribution in [0, 0.1) is 4.64 Å². The van der Waals surface area contributed by atoms with E-state index in [1.165, 1.54) is 0 Å². The van der Waals surface area contributed by atoms with Crippen LogP contribution in [0.15, 0.2) is 11.1 Å². The molecule has 0 aliphatic carbocycles. The van der Waals surface area contributed by atoms with Crippen molar-refractivity contribution in [3.05, 3.63) is 10.7 Å². The van der Waals surface area contributed by atoms with Gasteiger partial charge in [0.15, 0.2) is 0 Å². The van der Waals surface area contributed by atoms with E-state index in [0.717, 1.165) is 0 Å². The van der Waals surface area contributed by atoms with Gasteiger partial charge in [0, 0.05) is 0 Å². The van der Waals surface area contributed by atoms with Gasteiger partial charge < -0.3 is 16.5 Å². The Hall–Kier alpha value is -0.680. The maximum atomic E-state index is 5.47. The first-order valence-corrected chi connectivity index (χ1v) is 3.44. The first-order chi connectivity index (χ1) is 4.61. The molecule has 0 spiro atoms. The summed E-state index contributed by atoms with van der Waals surface area (Å²) in [6.07, 6.45) is 0. The summed E-state index contributed by atoms with van der Waals surface area (Å²) in [5, 5.41) is 0.519. The molecule has 1 heterocycles. The summed E-state index contributed by atoms with van der Waals surface area (Å²) in [6.45, 7) is 0. The van der Waals surface area contributed by atoms with Crippen molar-refractivity contribution in [3.63, 3.8) is 0 Å². The summed E-state index contributed by atoms with van der Waals surface area (Å²) >= 11 is 8.82. The Bertz CT molecular complexity index is 278. The van der Waals surface area contributed by atoms with Crippen molar-refractivity contribution >= 4 is 36.2 Å². The second kappa shape index (κ2) is 2.51. The number of pyridine rings is 1. The molecule has 0 aliphatic heterocycles. The van der Waals surface area contributed by atoms with Gasteiger partial charge in [0.25, 0.3) is 0 Å². The molecule has 0 bridgehead atoms.